The fourth-order valence-corrected chi connectivity index (χ4v) is 2.01. The molecule has 1 N–H and O–H groups in total. The molecule has 6 heteroatoms. The van der Waals surface area contributed by atoms with Crippen molar-refractivity contribution < 1.29 is 23.8 Å². The number of rotatable bonds is 8. The van der Waals surface area contributed by atoms with Crippen molar-refractivity contribution in [2.45, 2.75) is 13.3 Å². The first kappa shape index (κ1) is 18.3. The Morgan fingerprint density at radius 2 is 1.80 bits per heavy atom. The topological polar surface area (TPSA) is 73.9 Å². The molecule has 0 fully saturated rings. The lowest BCUT2D eigenvalue weighted by atomic mass is 10.2. The van der Waals surface area contributed by atoms with Crippen LogP contribution in [-0.4, -0.2) is 32.2 Å². The van der Waals surface area contributed by atoms with Crippen LogP contribution in [-0.2, 0) is 9.53 Å². The van der Waals surface area contributed by atoms with Crippen LogP contribution in [0.2, 0.25) is 0 Å². The zero-order chi connectivity index (χ0) is 18.1. The minimum Gasteiger partial charge on any atom is -0.497 e. The molecule has 0 spiro atoms. The van der Waals surface area contributed by atoms with Gasteiger partial charge in [0.25, 0.3) is 5.91 Å². The highest BCUT2D eigenvalue weighted by atomic mass is 16.5. The van der Waals surface area contributed by atoms with Gasteiger partial charge in [-0.05, 0) is 42.8 Å². The van der Waals surface area contributed by atoms with E-state index in [1.807, 2.05) is 6.92 Å². The molecule has 0 bridgehead atoms. The van der Waals surface area contributed by atoms with Gasteiger partial charge in [0.1, 0.15) is 11.5 Å². The number of carbonyl (C=O) groups is 2. The maximum atomic E-state index is 11.9. The molecule has 0 aliphatic carbocycles. The molecule has 0 heterocycles. The van der Waals surface area contributed by atoms with Gasteiger partial charge in [0.15, 0.2) is 6.61 Å². The van der Waals surface area contributed by atoms with Gasteiger partial charge in [-0.3, -0.25) is 4.79 Å². The van der Waals surface area contributed by atoms with Crippen molar-refractivity contribution in [3.8, 4) is 11.5 Å². The highest BCUT2D eigenvalue weighted by Crippen LogP contribution is 2.17. The third-order valence-electron chi connectivity index (χ3n) is 3.25. The molecular formula is C19H21NO5. The average molecular weight is 343 g/mol. The minimum atomic E-state index is -0.371. The lowest BCUT2D eigenvalue weighted by Crippen LogP contribution is -2.20. The summed E-state index contributed by atoms with van der Waals surface area (Å²) in [7, 11) is 1.56. The third kappa shape index (κ3) is 5.84. The lowest BCUT2D eigenvalue weighted by Gasteiger charge is -2.09. The van der Waals surface area contributed by atoms with Crippen LogP contribution >= 0.6 is 0 Å². The predicted molar refractivity (Wildman–Crippen MR) is 94.1 cm³/mol. The molecule has 0 aromatic heterocycles. The molecule has 25 heavy (non-hydrogen) atoms. The van der Waals surface area contributed by atoms with Crippen LogP contribution in [0, 0.1) is 0 Å². The second-order valence-corrected chi connectivity index (χ2v) is 5.23. The summed E-state index contributed by atoms with van der Waals surface area (Å²) in [6.07, 6.45) is 0.773. The van der Waals surface area contributed by atoms with Crippen molar-refractivity contribution in [1.82, 2.24) is 0 Å². The summed E-state index contributed by atoms with van der Waals surface area (Å²) in [4.78, 5) is 23.6. The van der Waals surface area contributed by atoms with Gasteiger partial charge >= 0.3 is 5.97 Å². The van der Waals surface area contributed by atoms with E-state index in [1.54, 1.807) is 55.6 Å². The molecule has 0 aliphatic rings. The van der Waals surface area contributed by atoms with Crippen LogP contribution in [0.5, 0.6) is 11.5 Å². The number of anilines is 1. The van der Waals surface area contributed by atoms with Crippen molar-refractivity contribution >= 4 is 17.6 Å². The normalized spacial score (nSPS) is 10.0. The maximum absolute atomic E-state index is 11.9. The fourth-order valence-electron chi connectivity index (χ4n) is 2.01. The number of hydrogen-bond acceptors (Lipinski definition) is 5. The van der Waals surface area contributed by atoms with Crippen molar-refractivity contribution in [2.75, 3.05) is 25.6 Å². The molecule has 6 nitrogen and oxygen atoms in total. The number of benzene rings is 2. The summed E-state index contributed by atoms with van der Waals surface area (Å²) >= 11 is 0. The van der Waals surface area contributed by atoms with E-state index in [0.717, 1.165) is 6.42 Å². The molecule has 2 aromatic carbocycles. The van der Waals surface area contributed by atoms with Crippen molar-refractivity contribution in [1.29, 1.82) is 0 Å². The first-order valence-corrected chi connectivity index (χ1v) is 7.96. The molecule has 2 aromatic rings. The van der Waals surface area contributed by atoms with Crippen LogP contribution in [0.4, 0.5) is 5.69 Å². The maximum Gasteiger partial charge on any atom is 0.338 e. The zero-order valence-electron chi connectivity index (χ0n) is 14.3. The standard InChI is InChI=1S/C19H21NO5/c1-3-11-24-19(22)14-7-9-16(10-8-14)25-13-18(21)20-15-5-4-6-17(12-15)23-2/h4-10,12H,3,11,13H2,1-2H3,(H,20,21). The predicted octanol–water partition coefficient (Wildman–Crippen LogP) is 3.28. The van der Waals surface area contributed by atoms with Gasteiger partial charge in [-0.25, -0.2) is 4.79 Å². The highest BCUT2D eigenvalue weighted by molar-refractivity contribution is 5.92. The number of carbonyl (C=O) groups excluding carboxylic acids is 2. The van der Waals surface area contributed by atoms with E-state index in [-0.39, 0.29) is 18.5 Å². The molecule has 132 valence electrons. The Bertz CT molecular complexity index is 712. The third-order valence-corrected chi connectivity index (χ3v) is 3.25. The first-order valence-electron chi connectivity index (χ1n) is 7.96. The summed E-state index contributed by atoms with van der Waals surface area (Å²) in [6.45, 7) is 2.18. The second-order valence-electron chi connectivity index (χ2n) is 5.23. The van der Waals surface area contributed by atoms with Gasteiger partial charge in [-0.15, -0.1) is 0 Å². The Labute approximate surface area is 146 Å². The molecule has 0 radical (unpaired) electrons. The van der Waals surface area contributed by atoms with E-state index >= 15 is 0 Å². The first-order chi connectivity index (χ1) is 12.1. The van der Waals surface area contributed by atoms with E-state index in [0.29, 0.717) is 29.4 Å². The molecule has 1 amide bonds. The lowest BCUT2D eigenvalue weighted by molar-refractivity contribution is -0.118. The summed E-state index contributed by atoms with van der Waals surface area (Å²) in [5.41, 5.74) is 1.07. The summed E-state index contributed by atoms with van der Waals surface area (Å²) in [5, 5.41) is 2.72. The number of hydrogen-bond donors (Lipinski definition) is 1. The Balaban J connectivity index is 1.84. The summed E-state index contributed by atoms with van der Waals surface area (Å²) < 4.78 is 15.6. The average Bonchev–Trinajstić information content (AvgIpc) is 2.65. The largest absolute Gasteiger partial charge is 0.497 e. The number of amides is 1. The summed E-state index contributed by atoms with van der Waals surface area (Å²) in [5.74, 6) is 0.487. The van der Waals surface area contributed by atoms with Crippen LogP contribution in [0.1, 0.15) is 23.7 Å². The van der Waals surface area contributed by atoms with E-state index in [1.165, 1.54) is 0 Å². The number of esters is 1. The molecule has 0 saturated heterocycles. The zero-order valence-corrected chi connectivity index (χ0v) is 14.3. The Hall–Kier alpha value is -3.02. The quantitative estimate of drug-likeness (QED) is 0.745. The van der Waals surface area contributed by atoms with Crippen LogP contribution in [0.3, 0.4) is 0 Å². The Morgan fingerprint density at radius 1 is 1.04 bits per heavy atom. The number of nitrogens with one attached hydrogen (secondary N) is 1. The number of ether oxygens (including phenoxy) is 3. The minimum absolute atomic E-state index is 0.142. The monoisotopic (exact) mass is 343 g/mol. The molecule has 0 atom stereocenters. The van der Waals surface area contributed by atoms with Crippen molar-refractivity contribution in [2.24, 2.45) is 0 Å². The molecule has 0 unspecified atom stereocenters. The molecule has 0 aliphatic heterocycles. The van der Waals surface area contributed by atoms with Gasteiger partial charge in [0, 0.05) is 11.8 Å². The van der Waals surface area contributed by atoms with Crippen LogP contribution in [0.25, 0.3) is 0 Å². The van der Waals surface area contributed by atoms with E-state index < -0.39 is 0 Å². The smallest absolute Gasteiger partial charge is 0.338 e. The highest BCUT2D eigenvalue weighted by Gasteiger charge is 2.08. The second kappa shape index (κ2) is 9.32. The molecular weight excluding hydrogens is 322 g/mol. The van der Waals surface area contributed by atoms with Crippen molar-refractivity contribution in [3.05, 3.63) is 54.1 Å². The van der Waals surface area contributed by atoms with Crippen LogP contribution in [0.15, 0.2) is 48.5 Å². The SMILES string of the molecule is CCCOC(=O)c1ccc(OCC(=O)Nc2cccc(OC)c2)cc1. The Morgan fingerprint density at radius 3 is 2.48 bits per heavy atom. The van der Waals surface area contributed by atoms with E-state index in [9.17, 15) is 9.59 Å². The van der Waals surface area contributed by atoms with Gasteiger partial charge < -0.3 is 19.5 Å². The molecule has 2 rings (SSSR count). The number of methoxy groups -OCH3 is 1. The van der Waals surface area contributed by atoms with Crippen molar-refractivity contribution in [3.63, 3.8) is 0 Å². The fraction of sp³-hybridized carbons (Fsp3) is 0.263. The van der Waals surface area contributed by atoms with E-state index in [4.69, 9.17) is 14.2 Å². The van der Waals surface area contributed by atoms with Gasteiger partial charge in [0.05, 0.1) is 19.3 Å². The van der Waals surface area contributed by atoms with Gasteiger partial charge in [-0.1, -0.05) is 13.0 Å². The van der Waals surface area contributed by atoms with Gasteiger partial charge in [0.2, 0.25) is 0 Å². The van der Waals surface area contributed by atoms with E-state index in [2.05, 4.69) is 5.32 Å². The van der Waals surface area contributed by atoms with Crippen LogP contribution < -0.4 is 14.8 Å². The summed E-state index contributed by atoms with van der Waals surface area (Å²) in [6, 6.07) is 13.5. The van der Waals surface area contributed by atoms with Gasteiger partial charge in [-0.2, -0.15) is 0 Å². The molecule has 0 saturated carbocycles. The Kier molecular flexibility index (Phi) is 6.83.